The molecule has 0 amide bonds. The monoisotopic (exact) mass is 328 g/mol. The van der Waals surface area contributed by atoms with Crippen molar-refractivity contribution in [2.24, 2.45) is 0 Å². The van der Waals surface area contributed by atoms with E-state index in [4.69, 9.17) is 16.9 Å². The molecule has 2 aromatic carbocycles. The van der Waals surface area contributed by atoms with Gasteiger partial charge in [0.1, 0.15) is 22.6 Å². The number of nitriles is 1. The molecule has 21 heavy (non-hydrogen) atoms. The normalized spacial score (nSPS) is 11.0. The zero-order chi connectivity index (χ0) is 15.6. The fourth-order valence-electron chi connectivity index (χ4n) is 1.58. The minimum absolute atomic E-state index is 0.126. The maximum Gasteiger partial charge on any atom is 0.263 e. The smallest absolute Gasteiger partial charge is 0.263 e. The van der Waals surface area contributed by atoms with Crippen LogP contribution in [0.1, 0.15) is 5.56 Å². The minimum atomic E-state index is -4.21. The maximum atomic E-state index is 13.2. The Hall–Kier alpha value is -2.17. The molecule has 0 aliphatic rings. The van der Waals surface area contributed by atoms with Crippen molar-refractivity contribution in [3.05, 3.63) is 58.6 Å². The van der Waals surface area contributed by atoms with Crippen LogP contribution >= 0.6 is 11.6 Å². The minimum Gasteiger partial charge on any atom is -0.278 e. The number of anilines is 1. The molecule has 0 saturated heterocycles. The van der Waals surface area contributed by atoms with Crippen molar-refractivity contribution in [1.82, 2.24) is 0 Å². The summed E-state index contributed by atoms with van der Waals surface area (Å²) in [7, 11) is -4.21. The van der Waals surface area contributed by atoms with E-state index in [9.17, 15) is 17.2 Å². The third kappa shape index (κ3) is 3.29. The van der Waals surface area contributed by atoms with Crippen LogP contribution in [0.2, 0.25) is 5.02 Å². The van der Waals surface area contributed by atoms with E-state index in [2.05, 4.69) is 4.72 Å². The molecular formula is C13H7ClF2N2O2S. The number of sulfonamides is 1. The number of nitrogens with zero attached hydrogens (tertiary/aromatic N) is 1. The molecule has 0 atom stereocenters. The summed E-state index contributed by atoms with van der Waals surface area (Å²) in [5, 5.41) is 8.70. The summed E-state index contributed by atoms with van der Waals surface area (Å²) in [6.45, 7) is 0. The summed E-state index contributed by atoms with van der Waals surface area (Å²) in [6.07, 6.45) is 0. The molecule has 4 nitrogen and oxygen atoms in total. The Labute approximate surface area is 124 Å². The lowest BCUT2D eigenvalue weighted by Gasteiger charge is -2.10. The van der Waals surface area contributed by atoms with Gasteiger partial charge >= 0.3 is 0 Å². The van der Waals surface area contributed by atoms with Crippen molar-refractivity contribution >= 4 is 27.3 Å². The van der Waals surface area contributed by atoms with Crippen molar-refractivity contribution in [2.45, 2.75) is 4.90 Å². The zero-order valence-electron chi connectivity index (χ0n) is 10.3. The first kappa shape index (κ1) is 15.2. The van der Waals surface area contributed by atoms with Crippen LogP contribution in [0.25, 0.3) is 0 Å². The van der Waals surface area contributed by atoms with Crippen LogP contribution in [0.4, 0.5) is 14.5 Å². The molecule has 0 aliphatic heterocycles. The van der Waals surface area contributed by atoms with Crippen LogP contribution in [-0.4, -0.2) is 8.42 Å². The number of rotatable bonds is 3. The third-order valence-corrected chi connectivity index (χ3v) is 4.38. The standard InChI is InChI=1S/C13H7ClF2N2O2S/c14-11-3-1-10(16)6-13(11)21(19,20)18-12-4-2-9(15)5-8(12)7-17/h1-6,18H. The van der Waals surface area contributed by atoms with E-state index in [0.717, 1.165) is 36.4 Å². The molecule has 0 bridgehead atoms. The second kappa shape index (κ2) is 5.68. The Morgan fingerprint density at radius 1 is 1.10 bits per heavy atom. The first-order chi connectivity index (χ1) is 9.83. The molecule has 2 aromatic rings. The molecule has 2 rings (SSSR count). The van der Waals surface area contributed by atoms with E-state index in [-0.39, 0.29) is 16.3 Å². The number of halogens is 3. The number of hydrogen-bond donors (Lipinski definition) is 1. The van der Waals surface area contributed by atoms with Gasteiger partial charge in [-0.1, -0.05) is 11.6 Å². The van der Waals surface area contributed by atoms with Crippen LogP contribution < -0.4 is 4.72 Å². The highest BCUT2D eigenvalue weighted by atomic mass is 35.5. The Bertz CT molecular complexity index is 848. The number of nitrogens with one attached hydrogen (secondary N) is 1. The molecule has 0 aromatic heterocycles. The van der Waals surface area contributed by atoms with Gasteiger partial charge in [-0.15, -0.1) is 0 Å². The van der Waals surface area contributed by atoms with Gasteiger partial charge in [-0.3, -0.25) is 4.72 Å². The van der Waals surface area contributed by atoms with Crippen molar-refractivity contribution in [2.75, 3.05) is 4.72 Å². The van der Waals surface area contributed by atoms with Gasteiger partial charge in [-0.05, 0) is 36.4 Å². The first-order valence-electron chi connectivity index (χ1n) is 5.51. The summed E-state index contributed by atoms with van der Waals surface area (Å²) >= 11 is 5.74. The van der Waals surface area contributed by atoms with E-state index in [1.807, 2.05) is 0 Å². The van der Waals surface area contributed by atoms with E-state index >= 15 is 0 Å². The highest BCUT2D eigenvalue weighted by Gasteiger charge is 2.20. The quantitative estimate of drug-likeness (QED) is 0.939. The molecule has 0 spiro atoms. The van der Waals surface area contributed by atoms with Gasteiger partial charge in [0.05, 0.1) is 16.3 Å². The van der Waals surface area contributed by atoms with Crippen LogP contribution in [0.3, 0.4) is 0 Å². The predicted octanol–water partition coefficient (Wildman–Crippen LogP) is 3.29. The Morgan fingerprint density at radius 2 is 1.71 bits per heavy atom. The van der Waals surface area contributed by atoms with Gasteiger partial charge in [0, 0.05) is 0 Å². The van der Waals surface area contributed by atoms with E-state index in [0.29, 0.717) is 0 Å². The molecule has 8 heteroatoms. The fraction of sp³-hybridized carbons (Fsp3) is 0. The molecule has 0 heterocycles. The summed E-state index contributed by atoms with van der Waals surface area (Å²) in [6, 6.07) is 7.49. The van der Waals surface area contributed by atoms with Crippen molar-refractivity contribution in [3.8, 4) is 6.07 Å². The summed E-state index contributed by atoms with van der Waals surface area (Å²) in [5.41, 5.74) is -0.328. The Balaban J connectivity index is 2.48. The van der Waals surface area contributed by atoms with Crippen molar-refractivity contribution in [3.63, 3.8) is 0 Å². The zero-order valence-corrected chi connectivity index (χ0v) is 11.8. The molecule has 0 aliphatic carbocycles. The summed E-state index contributed by atoms with van der Waals surface area (Å²) in [5.74, 6) is -1.46. The predicted molar refractivity (Wildman–Crippen MR) is 73.3 cm³/mol. The van der Waals surface area contributed by atoms with Crippen LogP contribution in [0.5, 0.6) is 0 Å². The van der Waals surface area contributed by atoms with Crippen LogP contribution in [-0.2, 0) is 10.0 Å². The van der Waals surface area contributed by atoms with Crippen LogP contribution in [0.15, 0.2) is 41.3 Å². The second-order valence-electron chi connectivity index (χ2n) is 3.98. The van der Waals surface area contributed by atoms with E-state index in [1.165, 1.54) is 0 Å². The van der Waals surface area contributed by atoms with Gasteiger partial charge in [-0.25, -0.2) is 17.2 Å². The van der Waals surface area contributed by atoms with Gasteiger partial charge < -0.3 is 0 Å². The highest BCUT2D eigenvalue weighted by molar-refractivity contribution is 7.92. The van der Waals surface area contributed by atoms with Gasteiger partial charge in [0.25, 0.3) is 10.0 Å². The third-order valence-electron chi connectivity index (χ3n) is 2.53. The van der Waals surface area contributed by atoms with E-state index in [1.54, 1.807) is 6.07 Å². The molecule has 1 N–H and O–H groups in total. The van der Waals surface area contributed by atoms with E-state index < -0.39 is 26.6 Å². The number of hydrogen-bond acceptors (Lipinski definition) is 3. The lowest BCUT2D eigenvalue weighted by molar-refractivity contribution is 0.595. The van der Waals surface area contributed by atoms with Gasteiger partial charge in [0.15, 0.2) is 0 Å². The van der Waals surface area contributed by atoms with Gasteiger partial charge in [0.2, 0.25) is 0 Å². The van der Waals surface area contributed by atoms with Crippen LogP contribution in [0, 0.1) is 23.0 Å². The second-order valence-corrected chi connectivity index (χ2v) is 6.04. The number of benzene rings is 2. The largest absolute Gasteiger partial charge is 0.278 e. The molecule has 0 unspecified atom stereocenters. The Morgan fingerprint density at radius 3 is 2.38 bits per heavy atom. The molecule has 0 radical (unpaired) electrons. The van der Waals surface area contributed by atoms with Crippen molar-refractivity contribution < 1.29 is 17.2 Å². The lowest BCUT2D eigenvalue weighted by atomic mass is 10.2. The molecular weight excluding hydrogens is 322 g/mol. The topological polar surface area (TPSA) is 70.0 Å². The first-order valence-corrected chi connectivity index (χ1v) is 7.37. The molecule has 0 saturated carbocycles. The average molecular weight is 329 g/mol. The lowest BCUT2D eigenvalue weighted by Crippen LogP contribution is -2.14. The van der Waals surface area contributed by atoms with Crippen molar-refractivity contribution in [1.29, 1.82) is 5.26 Å². The van der Waals surface area contributed by atoms with Gasteiger partial charge in [-0.2, -0.15) is 5.26 Å². The highest BCUT2D eigenvalue weighted by Crippen LogP contribution is 2.26. The molecule has 108 valence electrons. The molecule has 0 fully saturated rings. The summed E-state index contributed by atoms with van der Waals surface area (Å²) in [4.78, 5) is -0.475. The SMILES string of the molecule is N#Cc1cc(F)ccc1NS(=O)(=O)c1cc(F)ccc1Cl. The fourth-order valence-corrected chi connectivity index (χ4v) is 3.17. The summed E-state index contributed by atoms with van der Waals surface area (Å²) < 4.78 is 52.6. The Kier molecular flexibility index (Phi) is 4.11. The average Bonchev–Trinajstić information content (AvgIpc) is 2.43. The maximum absolute atomic E-state index is 13.2.